The van der Waals surface area contributed by atoms with E-state index < -0.39 is 0 Å². The highest BCUT2D eigenvalue weighted by molar-refractivity contribution is 4.86. The van der Waals surface area contributed by atoms with Crippen molar-refractivity contribution in [2.75, 3.05) is 19.6 Å². The topological polar surface area (TPSA) is 38.9 Å². The van der Waals surface area contributed by atoms with Gasteiger partial charge in [0.05, 0.1) is 12.6 Å². The van der Waals surface area contributed by atoms with E-state index in [1.54, 1.807) is 0 Å². The van der Waals surface area contributed by atoms with Crippen LogP contribution in [-0.4, -0.2) is 44.1 Å². The summed E-state index contributed by atoms with van der Waals surface area (Å²) in [6, 6.07) is 4.51. The molecule has 0 spiro atoms. The van der Waals surface area contributed by atoms with Gasteiger partial charge in [0.2, 0.25) is 0 Å². The molecular weight excluding hydrogens is 214 g/mol. The van der Waals surface area contributed by atoms with Gasteiger partial charge < -0.3 is 0 Å². The smallest absolute Gasteiger partial charge is 0.0658 e. The van der Waals surface area contributed by atoms with Gasteiger partial charge in [-0.25, -0.2) is 0 Å². The SMILES string of the molecule is c1cnn(CCN2CCC(n3cccn3)C2)c1. The maximum absolute atomic E-state index is 4.32. The molecule has 1 saturated heterocycles. The standard InChI is InChI=1S/C12H17N5/c1-4-13-16(6-1)10-9-15-8-3-12(11-15)17-7-2-5-14-17/h1-2,4-7,12H,3,8-11H2. The van der Waals surface area contributed by atoms with Crippen LogP contribution in [0.15, 0.2) is 36.9 Å². The summed E-state index contributed by atoms with van der Waals surface area (Å²) in [7, 11) is 0. The molecule has 0 radical (unpaired) electrons. The largest absolute Gasteiger partial charge is 0.299 e. The third-order valence-corrected chi connectivity index (χ3v) is 3.35. The first kappa shape index (κ1) is 10.5. The molecule has 0 bridgehead atoms. The molecule has 1 unspecified atom stereocenters. The molecule has 5 heteroatoms. The average Bonchev–Trinajstić information content (AvgIpc) is 3.09. The Morgan fingerprint density at radius 1 is 1.06 bits per heavy atom. The lowest BCUT2D eigenvalue weighted by Gasteiger charge is -2.16. The van der Waals surface area contributed by atoms with Crippen molar-refractivity contribution >= 4 is 0 Å². The minimum absolute atomic E-state index is 0.544. The van der Waals surface area contributed by atoms with Gasteiger partial charge in [-0.1, -0.05) is 0 Å². The number of hydrogen-bond acceptors (Lipinski definition) is 3. The maximum Gasteiger partial charge on any atom is 0.0658 e. The van der Waals surface area contributed by atoms with Crippen molar-refractivity contribution in [3.8, 4) is 0 Å². The maximum atomic E-state index is 4.32. The van der Waals surface area contributed by atoms with E-state index in [1.165, 1.54) is 6.42 Å². The number of nitrogens with zero attached hydrogens (tertiary/aromatic N) is 5. The van der Waals surface area contributed by atoms with Gasteiger partial charge in [0.15, 0.2) is 0 Å². The van der Waals surface area contributed by atoms with Crippen LogP contribution in [-0.2, 0) is 6.54 Å². The fraction of sp³-hybridized carbons (Fsp3) is 0.500. The molecule has 1 atom stereocenters. The number of rotatable bonds is 4. The van der Waals surface area contributed by atoms with Crippen LogP contribution in [0, 0.1) is 0 Å². The first-order chi connectivity index (χ1) is 8.42. The Hall–Kier alpha value is -1.62. The van der Waals surface area contributed by atoms with Crippen molar-refractivity contribution in [1.82, 2.24) is 24.5 Å². The average molecular weight is 231 g/mol. The summed E-state index contributed by atoms with van der Waals surface area (Å²) >= 11 is 0. The zero-order valence-electron chi connectivity index (χ0n) is 9.81. The molecule has 0 aromatic carbocycles. The lowest BCUT2D eigenvalue weighted by molar-refractivity contribution is 0.300. The van der Waals surface area contributed by atoms with Crippen molar-refractivity contribution in [1.29, 1.82) is 0 Å². The Labute approximate surface area is 101 Å². The lowest BCUT2D eigenvalue weighted by atomic mass is 10.3. The first-order valence-corrected chi connectivity index (χ1v) is 6.11. The number of aromatic nitrogens is 4. The van der Waals surface area contributed by atoms with E-state index in [-0.39, 0.29) is 0 Å². The summed E-state index contributed by atoms with van der Waals surface area (Å²) in [5.41, 5.74) is 0. The Bertz CT molecular complexity index is 433. The normalized spacial score (nSPS) is 21.1. The fourth-order valence-electron chi connectivity index (χ4n) is 2.40. The monoisotopic (exact) mass is 231 g/mol. The molecule has 2 aromatic heterocycles. The molecular formula is C12H17N5. The van der Waals surface area contributed by atoms with Crippen molar-refractivity contribution in [2.45, 2.75) is 19.0 Å². The van der Waals surface area contributed by atoms with Crippen molar-refractivity contribution in [3.05, 3.63) is 36.9 Å². The van der Waals surface area contributed by atoms with E-state index in [1.807, 2.05) is 35.4 Å². The molecule has 2 aromatic rings. The predicted octanol–water partition coefficient (Wildman–Crippen LogP) is 1.03. The fourth-order valence-corrected chi connectivity index (χ4v) is 2.40. The summed E-state index contributed by atoms with van der Waals surface area (Å²) in [4.78, 5) is 2.48. The molecule has 0 amide bonds. The van der Waals surface area contributed by atoms with Crippen LogP contribution < -0.4 is 0 Å². The van der Waals surface area contributed by atoms with Crippen molar-refractivity contribution in [3.63, 3.8) is 0 Å². The lowest BCUT2D eigenvalue weighted by Crippen LogP contribution is -2.26. The summed E-state index contributed by atoms with van der Waals surface area (Å²) < 4.78 is 4.06. The van der Waals surface area contributed by atoms with Gasteiger partial charge in [0, 0.05) is 44.4 Å². The molecule has 5 nitrogen and oxygen atoms in total. The van der Waals surface area contributed by atoms with Gasteiger partial charge in [-0.15, -0.1) is 0 Å². The molecule has 1 aliphatic heterocycles. The second-order valence-corrected chi connectivity index (χ2v) is 4.50. The summed E-state index contributed by atoms with van der Waals surface area (Å²) in [5.74, 6) is 0. The minimum atomic E-state index is 0.544. The molecule has 3 rings (SSSR count). The Morgan fingerprint density at radius 2 is 1.94 bits per heavy atom. The number of likely N-dealkylation sites (tertiary alicyclic amines) is 1. The van der Waals surface area contributed by atoms with Crippen molar-refractivity contribution in [2.24, 2.45) is 0 Å². The van der Waals surface area contributed by atoms with E-state index in [0.29, 0.717) is 6.04 Å². The van der Waals surface area contributed by atoms with Crippen LogP contribution in [0.3, 0.4) is 0 Å². The van der Waals surface area contributed by atoms with Crippen molar-refractivity contribution < 1.29 is 0 Å². The summed E-state index contributed by atoms with van der Waals surface area (Å²) in [5, 5.41) is 8.53. The number of hydrogen-bond donors (Lipinski definition) is 0. The van der Waals surface area contributed by atoms with E-state index >= 15 is 0 Å². The summed E-state index contributed by atoms with van der Waals surface area (Å²) in [6.07, 6.45) is 8.95. The molecule has 0 saturated carbocycles. The van der Waals surface area contributed by atoms with E-state index in [2.05, 4.69) is 26.0 Å². The molecule has 3 heterocycles. The van der Waals surface area contributed by atoms with Crippen LogP contribution >= 0.6 is 0 Å². The van der Waals surface area contributed by atoms with Gasteiger partial charge in [-0.2, -0.15) is 10.2 Å². The van der Waals surface area contributed by atoms with Gasteiger partial charge >= 0.3 is 0 Å². The Balaban J connectivity index is 1.51. The molecule has 0 aliphatic carbocycles. The van der Waals surface area contributed by atoms with E-state index in [4.69, 9.17) is 0 Å². The molecule has 0 N–H and O–H groups in total. The molecule has 1 fully saturated rings. The Kier molecular flexibility index (Phi) is 2.92. The van der Waals surface area contributed by atoms with Crippen LogP contribution in [0.2, 0.25) is 0 Å². The highest BCUT2D eigenvalue weighted by Gasteiger charge is 2.23. The zero-order valence-corrected chi connectivity index (χ0v) is 9.81. The summed E-state index contributed by atoms with van der Waals surface area (Å²) in [6.45, 7) is 4.30. The third-order valence-electron chi connectivity index (χ3n) is 3.35. The van der Waals surface area contributed by atoms with Crippen LogP contribution in [0.1, 0.15) is 12.5 Å². The van der Waals surface area contributed by atoms with Gasteiger partial charge in [-0.05, 0) is 18.6 Å². The van der Waals surface area contributed by atoms with Crippen LogP contribution in [0.4, 0.5) is 0 Å². The van der Waals surface area contributed by atoms with E-state index in [9.17, 15) is 0 Å². The quantitative estimate of drug-likeness (QED) is 0.789. The molecule has 17 heavy (non-hydrogen) atoms. The van der Waals surface area contributed by atoms with Gasteiger partial charge in [0.25, 0.3) is 0 Å². The highest BCUT2D eigenvalue weighted by atomic mass is 15.3. The van der Waals surface area contributed by atoms with E-state index in [0.717, 1.165) is 26.2 Å². The zero-order chi connectivity index (χ0) is 11.5. The van der Waals surface area contributed by atoms with Gasteiger partial charge in [0.1, 0.15) is 0 Å². The van der Waals surface area contributed by atoms with Gasteiger partial charge in [-0.3, -0.25) is 14.3 Å². The third kappa shape index (κ3) is 2.39. The first-order valence-electron chi connectivity index (χ1n) is 6.11. The highest BCUT2D eigenvalue weighted by Crippen LogP contribution is 2.19. The van der Waals surface area contributed by atoms with Crippen LogP contribution in [0.25, 0.3) is 0 Å². The second kappa shape index (κ2) is 4.71. The molecule has 1 aliphatic rings. The second-order valence-electron chi connectivity index (χ2n) is 4.50. The predicted molar refractivity (Wildman–Crippen MR) is 64.5 cm³/mol. The minimum Gasteiger partial charge on any atom is -0.299 e. The van der Waals surface area contributed by atoms with Crippen LogP contribution in [0.5, 0.6) is 0 Å². The molecule has 90 valence electrons. The Morgan fingerprint density at radius 3 is 2.71 bits per heavy atom.